The highest BCUT2D eigenvalue weighted by Gasteiger charge is 2.24. The molecular formula is C28H35ClN2O3. The predicted molar refractivity (Wildman–Crippen MR) is 139 cm³/mol. The van der Waals surface area contributed by atoms with Gasteiger partial charge in [0.25, 0.3) is 5.91 Å². The Morgan fingerprint density at radius 3 is 1.97 bits per heavy atom. The van der Waals surface area contributed by atoms with Gasteiger partial charge in [0.2, 0.25) is 0 Å². The lowest BCUT2D eigenvalue weighted by molar-refractivity contribution is -0.124. The van der Waals surface area contributed by atoms with E-state index in [0.29, 0.717) is 19.3 Å². The molecule has 3 rings (SSSR count). The van der Waals surface area contributed by atoms with E-state index in [1.54, 1.807) is 0 Å². The van der Waals surface area contributed by atoms with Gasteiger partial charge >= 0.3 is 0 Å². The van der Waals surface area contributed by atoms with Crippen LogP contribution in [0.2, 0.25) is 0 Å². The number of nitrogens with two attached hydrogens (primary N) is 1. The Balaban J connectivity index is 0.00000408. The van der Waals surface area contributed by atoms with Crippen molar-refractivity contribution in [2.75, 3.05) is 6.61 Å². The Morgan fingerprint density at radius 2 is 1.41 bits per heavy atom. The molecule has 3 unspecified atom stereocenters. The van der Waals surface area contributed by atoms with Gasteiger partial charge in [-0.05, 0) is 55.4 Å². The molecule has 0 aliphatic carbocycles. The third-order valence-corrected chi connectivity index (χ3v) is 5.75. The number of aliphatic hydroxyl groups excluding tert-OH is 1. The van der Waals surface area contributed by atoms with Crippen LogP contribution in [0, 0.1) is 13.8 Å². The van der Waals surface area contributed by atoms with E-state index in [2.05, 4.69) is 5.32 Å². The number of ether oxygens (including phenoxy) is 1. The number of aryl methyl sites for hydroxylation is 2. The van der Waals surface area contributed by atoms with Crippen LogP contribution in [-0.2, 0) is 17.6 Å². The van der Waals surface area contributed by atoms with Crippen molar-refractivity contribution >= 4 is 18.3 Å². The first-order valence-corrected chi connectivity index (χ1v) is 11.4. The van der Waals surface area contributed by atoms with Crippen LogP contribution in [0.1, 0.15) is 28.7 Å². The SMILES string of the molecule is Cc1cccc(C)c1OCC(=O)NC(Cc1ccccc1)C(O)CC(N)Cc1ccccc1.Cl. The average Bonchev–Trinajstić information content (AvgIpc) is 2.79. The maximum atomic E-state index is 12.7. The quantitative estimate of drug-likeness (QED) is 0.383. The molecule has 0 fully saturated rings. The molecule has 182 valence electrons. The smallest absolute Gasteiger partial charge is 0.258 e. The van der Waals surface area contributed by atoms with Gasteiger partial charge in [-0.1, -0.05) is 78.9 Å². The Kier molecular flexibility index (Phi) is 11.1. The molecule has 0 saturated carbocycles. The van der Waals surface area contributed by atoms with Crippen LogP contribution in [0.4, 0.5) is 0 Å². The number of halogens is 1. The van der Waals surface area contributed by atoms with Crippen LogP contribution in [0.5, 0.6) is 5.75 Å². The van der Waals surface area contributed by atoms with Crippen LogP contribution < -0.4 is 15.8 Å². The summed E-state index contributed by atoms with van der Waals surface area (Å²) in [7, 11) is 0. The molecular weight excluding hydrogens is 448 g/mol. The zero-order chi connectivity index (χ0) is 23.6. The summed E-state index contributed by atoms with van der Waals surface area (Å²) < 4.78 is 5.80. The Labute approximate surface area is 208 Å². The third kappa shape index (κ3) is 8.49. The molecule has 0 aromatic heterocycles. The second-order valence-electron chi connectivity index (χ2n) is 8.63. The lowest BCUT2D eigenvalue weighted by Crippen LogP contribution is -2.48. The molecule has 3 aromatic rings. The van der Waals surface area contributed by atoms with Crippen molar-refractivity contribution in [3.05, 3.63) is 101 Å². The van der Waals surface area contributed by atoms with E-state index in [0.717, 1.165) is 28.0 Å². The van der Waals surface area contributed by atoms with E-state index >= 15 is 0 Å². The Hall–Kier alpha value is -2.86. The second-order valence-corrected chi connectivity index (χ2v) is 8.63. The minimum atomic E-state index is -0.784. The highest BCUT2D eigenvalue weighted by atomic mass is 35.5. The molecule has 34 heavy (non-hydrogen) atoms. The van der Waals surface area contributed by atoms with Crippen LogP contribution in [-0.4, -0.2) is 35.8 Å². The zero-order valence-electron chi connectivity index (χ0n) is 19.8. The number of para-hydroxylation sites is 1. The maximum Gasteiger partial charge on any atom is 0.258 e. The van der Waals surface area contributed by atoms with Gasteiger partial charge in [-0.3, -0.25) is 4.79 Å². The number of rotatable bonds is 11. The van der Waals surface area contributed by atoms with Gasteiger partial charge in [0, 0.05) is 6.04 Å². The number of carbonyl (C=O) groups excluding carboxylic acids is 1. The number of hydrogen-bond donors (Lipinski definition) is 3. The molecule has 6 heteroatoms. The molecule has 3 atom stereocenters. The number of hydrogen-bond acceptors (Lipinski definition) is 4. The van der Waals surface area contributed by atoms with Gasteiger partial charge in [-0.15, -0.1) is 12.4 Å². The summed E-state index contributed by atoms with van der Waals surface area (Å²) in [5.41, 5.74) is 10.5. The topological polar surface area (TPSA) is 84.6 Å². The maximum absolute atomic E-state index is 12.7. The molecule has 0 aliphatic rings. The normalized spacial score (nSPS) is 13.3. The first kappa shape index (κ1) is 27.4. The molecule has 0 bridgehead atoms. The number of amides is 1. The minimum absolute atomic E-state index is 0. The van der Waals surface area contributed by atoms with E-state index in [9.17, 15) is 9.90 Å². The molecule has 0 saturated heterocycles. The molecule has 0 aliphatic heterocycles. The lowest BCUT2D eigenvalue weighted by atomic mass is 9.94. The standard InChI is InChI=1S/C28H34N2O3.ClH/c1-20-10-9-11-21(2)28(20)33-19-27(32)30-25(17-23-14-7-4-8-15-23)26(31)18-24(29)16-22-12-5-3-6-13-22;/h3-15,24-26,31H,16-19,29H2,1-2H3,(H,30,32);1H. The predicted octanol–water partition coefficient (Wildman–Crippen LogP) is 4.15. The first-order valence-electron chi connectivity index (χ1n) is 11.4. The van der Waals surface area contributed by atoms with E-state index in [1.165, 1.54) is 0 Å². The van der Waals surface area contributed by atoms with E-state index in [-0.39, 0.29) is 31.0 Å². The van der Waals surface area contributed by atoms with Gasteiger partial charge in [0.1, 0.15) is 5.75 Å². The third-order valence-electron chi connectivity index (χ3n) is 5.75. The van der Waals surface area contributed by atoms with Crippen molar-refractivity contribution in [3.8, 4) is 5.75 Å². The van der Waals surface area contributed by atoms with Gasteiger partial charge < -0.3 is 20.9 Å². The number of nitrogens with one attached hydrogen (secondary N) is 1. The van der Waals surface area contributed by atoms with Crippen molar-refractivity contribution < 1.29 is 14.6 Å². The van der Waals surface area contributed by atoms with Crippen molar-refractivity contribution in [2.24, 2.45) is 5.73 Å². The summed E-state index contributed by atoms with van der Waals surface area (Å²) in [6.07, 6.45) is 0.771. The van der Waals surface area contributed by atoms with Crippen LogP contribution in [0.15, 0.2) is 78.9 Å². The molecule has 0 radical (unpaired) electrons. The first-order chi connectivity index (χ1) is 15.9. The fraction of sp³-hybridized carbons (Fsp3) is 0.321. The molecule has 5 nitrogen and oxygen atoms in total. The summed E-state index contributed by atoms with van der Waals surface area (Å²) in [6.45, 7) is 3.80. The minimum Gasteiger partial charge on any atom is -0.483 e. The fourth-order valence-corrected chi connectivity index (χ4v) is 4.04. The summed E-state index contributed by atoms with van der Waals surface area (Å²) in [5, 5.41) is 14.0. The van der Waals surface area contributed by atoms with Crippen molar-refractivity contribution in [3.63, 3.8) is 0 Å². The number of benzene rings is 3. The van der Waals surface area contributed by atoms with Gasteiger partial charge in [0.15, 0.2) is 6.61 Å². The summed E-state index contributed by atoms with van der Waals surface area (Å²) >= 11 is 0. The van der Waals surface area contributed by atoms with E-state index in [1.807, 2.05) is 92.7 Å². The van der Waals surface area contributed by atoms with Crippen LogP contribution in [0.25, 0.3) is 0 Å². The lowest BCUT2D eigenvalue weighted by Gasteiger charge is -2.27. The fourth-order valence-electron chi connectivity index (χ4n) is 4.04. The molecule has 0 heterocycles. The van der Waals surface area contributed by atoms with Crippen LogP contribution in [0.3, 0.4) is 0 Å². The van der Waals surface area contributed by atoms with Crippen molar-refractivity contribution in [2.45, 2.75) is 51.3 Å². The summed E-state index contributed by atoms with van der Waals surface area (Å²) in [4.78, 5) is 12.7. The van der Waals surface area contributed by atoms with E-state index in [4.69, 9.17) is 10.5 Å². The molecule has 4 N–H and O–H groups in total. The summed E-state index contributed by atoms with van der Waals surface area (Å²) in [5.74, 6) is 0.451. The van der Waals surface area contributed by atoms with Gasteiger partial charge in [0.05, 0.1) is 12.1 Å². The molecule has 1 amide bonds. The van der Waals surface area contributed by atoms with Crippen LogP contribution >= 0.6 is 12.4 Å². The summed E-state index contributed by atoms with van der Waals surface area (Å²) in [6, 6.07) is 25.0. The highest BCUT2D eigenvalue weighted by molar-refractivity contribution is 5.85. The van der Waals surface area contributed by atoms with Crippen molar-refractivity contribution in [1.82, 2.24) is 5.32 Å². The van der Waals surface area contributed by atoms with Crippen molar-refractivity contribution in [1.29, 1.82) is 0 Å². The van der Waals surface area contributed by atoms with Gasteiger partial charge in [-0.25, -0.2) is 0 Å². The molecule has 3 aromatic carbocycles. The Bertz CT molecular complexity index is 994. The second kappa shape index (κ2) is 13.8. The average molecular weight is 483 g/mol. The Morgan fingerprint density at radius 1 is 0.882 bits per heavy atom. The molecule has 0 spiro atoms. The van der Waals surface area contributed by atoms with Gasteiger partial charge in [-0.2, -0.15) is 0 Å². The largest absolute Gasteiger partial charge is 0.483 e. The zero-order valence-corrected chi connectivity index (χ0v) is 20.6. The number of carbonyl (C=O) groups is 1. The monoisotopic (exact) mass is 482 g/mol. The number of aliphatic hydroxyl groups is 1. The highest BCUT2D eigenvalue weighted by Crippen LogP contribution is 2.22. The van der Waals surface area contributed by atoms with E-state index < -0.39 is 12.1 Å².